The molecule has 10 rings (SSSR count). The molecule has 0 atom stereocenters. The molecular formula is C47H30. The maximum Gasteiger partial charge on any atom is 0.0713 e. The van der Waals surface area contributed by atoms with Crippen molar-refractivity contribution in [3.05, 3.63) is 204 Å². The molecule has 0 heteroatoms. The van der Waals surface area contributed by atoms with Crippen molar-refractivity contribution in [2.75, 3.05) is 0 Å². The first-order valence-electron chi connectivity index (χ1n) is 29.0. The third-order valence-corrected chi connectivity index (χ3v) is 8.31. The molecule has 1 aliphatic carbocycles. The molecule has 0 saturated carbocycles. The average Bonchev–Trinajstić information content (AvgIpc) is 2.58. The van der Waals surface area contributed by atoms with Crippen molar-refractivity contribution in [3.8, 4) is 22.3 Å². The van der Waals surface area contributed by atoms with Gasteiger partial charge in [-0.3, -0.25) is 0 Å². The largest absolute Gasteiger partial charge is 0.0713 e. The molecule has 0 aliphatic heterocycles. The molecule has 0 aromatic heterocycles. The normalized spacial score (nSPS) is 22.2. The van der Waals surface area contributed by atoms with E-state index in [1.165, 1.54) is 0 Å². The third-order valence-electron chi connectivity index (χ3n) is 8.31. The fourth-order valence-corrected chi connectivity index (χ4v) is 6.47. The highest BCUT2D eigenvalue weighted by Crippen LogP contribution is 2.56. The molecule has 9 aromatic rings. The highest BCUT2D eigenvalue weighted by atomic mass is 14.4. The lowest BCUT2D eigenvalue weighted by Gasteiger charge is -2.42. The number of hydrogen-bond acceptors (Lipinski definition) is 0. The van der Waals surface area contributed by atoms with Gasteiger partial charge in [0.15, 0.2) is 0 Å². The Morgan fingerprint density at radius 2 is 0.957 bits per heavy atom. The molecule has 218 valence electrons. The summed E-state index contributed by atoms with van der Waals surface area (Å²) in [5, 5.41) is -5.87. The Bertz CT molecular complexity index is 4260. The minimum Gasteiger partial charge on any atom is -0.0622 e. The van der Waals surface area contributed by atoms with Gasteiger partial charge >= 0.3 is 0 Å². The molecule has 0 spiro atoms. The van der Waals surface area contributed by atoms with E-state index in [1.54, 1.807) is 0 Å². The van der Waals surface area contributed by atoms with Crippen LogP contribution >= 0.6 is 0 Å². The first kappa shape index (κ1) is 10.3. The standard InChI is InChI=1S/C47H30/c1-3-16-33(17-4-1)47(34-18-5-2-6-19-34)43-25-12-11-22-37(43)38-23-13-24-39-40(28-29-44(47)46(38)39)45-36-21-10-8-15-32(36)30-42-35-20-9-7-14-31(35)26-27-41(42)45/h1-30H/i1D,2D,3D,4D,5D,6D,7D,8D,9D,10D,11D,12D,13D,14D,15D,16D,17D,18D,19D,20D,21D,22D,23D,24D,25D,26D,27D,28D,29D,30D. The van der Waals surface area contributed by atoms with Crippen LogP contribution in [0.3, 0.4) is 0 Å². The fraction of sp³-hybridized carbons (Fsp3) is 0.0213. The molecule has 0 unspecified atom stereocenters. The summed E-state index contributed by atoms with van der Waals surface area (Å²) < 4.78 is 277. The van der Waals surface area contributed by atoms with Gasteiger partial charge in [-0.25, -0.2) is 0 Å². The van der Waals surface area contributed by atoms with Crippen LogP contribution in [-0.4, -0.2) is 0 Å². The highest BCUT2D eigenvalue weighted by Gasteiger charge is 2.44. The summed E-state index contributed by atoms with van der Waals surface area (Å²) in [6, 6.07) is -32.3. The van der Waals surface area contributed by atoms with Crippen LogP contribution < -0.4 is 0 Å². The number of hydrogen-bond donors (Lipinski definition) is 0. The molecule has 0 heterocycles. The lowest BCUT2D eigenvalue weighted by atomic mass is 9.59. The molecule has 0 N–H and O–H groups in total. The zero-order valence-corrected chi connectivity index (χ0v) is 23.5. The van der Waals surface area contributed by atoms with Crippen LogP contribution in [-0.2, 0) is 5.41 Å². The molecule has 0 radical (unpaired) electrons. The summed E-state index contributed by atoms with van der Waals surface area (Å²) in [5.41, 5.74) is -11.0. The van der Waals surface area contributed by atoms with Gasteiger partial charge in [0.2, 0.25) is 0 Å². The van der Waals surface area contributed by atoms with Gasteiger partial charge in [0.1, 0.15) is 0 Å². The minimum absolute atomic E-state index is 0.625. The van der Waals surface area contributed by atoms with Gasteiger partial charge < -0.3 is 0 Å². The van der Waals surface area contributed by atoms with E-state index >= 15 is 0 Å². The van der Waals surface area contributed by atoms with E-state index < -0.39 is 274 Å². The second-order valence-electron chi connectivity index (χ2n) is 10.5. The van der Waals surface area contributed by atoms with Gasteiger partial charge in [0.25, 0.3) is 0 Å². The molecule has 9 aromatic carbocycles. The van der Waals surface area contributed by atoms with E-state index in [0.717, 1.165) is 0 Å². The maximum absolute atomic E-state index is 10.3. The van der Waals surface area contributed by atoms with Crippen molar-refractivity contribution in [1.82, 2.24) is 0 Å². The van der Waals surface area contributed by atoms with Gasteiger partial charge in [0.05, 0.1) is 46.5 Å². The SMILES string of the molecule is [2H]c1c([2H])c([2H])c(C2(c3c([2H])c([2H])c([2H])c([2H])c3[2H])c3c([2H])c([2H])c([2H])c([2H])c3-c3c([2H])c([2H])c([2H])c4c(-c5c6c([2H])c([2H])c([2H])c([2H])c6c([2H])c6c5c([2H])c([2H])c5c([2H])c([2H])c([2H])c([2H])c56)c([2H])c([2H])c2c34)c([2H])c1[2H]. The average molecular weight is 625 g/mol. The van der Waals surface area contributed by atoms with E-state index in [2.05, 4.69) is 0 Å². The molecule has 0 fully saturated rings. The maximum atomic E-state index is 10.3. The van der Waals surface area contributed by atoms with Gasteiger partial charge in [-0.15, -0.1) is 0 Å². The van der Waals surface area contributed by atoms with Crippen LogP contribution in [0.5, 0.6) is 0 Å². The number of rotatable bonds is 3. The van der Waals surface area contributed by atoms with Crippen LogP contribution in [0.25, 0.3) is 65.3 Å². The predicted octanol–water partition coefficient (Wildman–Crippen LogP) is 12.3. The van der Waals surface area contributed by atoms with Gasteiger partial charge in [-0.1, -0.05) is 175 Å². The predicted molar refractivity (Wildman–Crippen MR) is 199 cm³/mol. The van der Waals surface area contributed by atoms with Crippen molar-refractivity contribution in [3.63, 3.8) is 0 Å². The van der Waals surface area contributed by atoms with E-state index in [0.29, 0.717) is 0 Å². The van der Waals surface area contributed by atoms with Crippen LogP contribution in [0.4, 0.5) is 0 Å². The van der Waals surface area contributed by atoms with E-state index in [1.807, 2.05) is 0 Å². The summed E-state index contributed by atoms with van der Waals surface area (Å²) in [6.45, 7) is 0. The van der Waals surface area contributed by atoms with Gasteiger partial charge in [0, 0.05) is 0 Å². The Kier molecular flexibility index (Phi) is 2.19. The van der Waals surface area contributed by atoms with Crippen molar-refractivity contribution in [2.24, 2.45) is 0 Å². The zero-order valence-electron chi connectivity index (χ0n) is 53.5. The quantitative estimate of drug-likeness (QED) is 0.135. The fourth-order valence-electron chi connectivity index (χ4n) is 6.47. The Morgan fingerprint density at radius 3 is 1.74 bits per heavy atom. The summed E-state index contributed by atoms with van der Waals surface area (Å²) in [7, 11) is 0. The Labute approximate surface area is 316 Å². The first-order chi connectivity index (χ1) is 35.8. The second kappa shape index (κ2) is 10.0. The first-order valence-corrected chi connectivity index (χ1v) is 14.0. The lowest BCUT2D eigenvalue weighted by molar-refractivity contribution is 0.750. The summed E-state index contributed by atoms with van der Waals surface area (Å²) >= 11 is 0. The second-order valence-corrected chi connectivity index (χ2v) is 10.5. The van der Waals surface area contributed by atoms with Crippen molar-refractivity contribution in [1.29, 1.82) is 0 Å². The number of benzene rings is 9. The molecule has 0 saturated heterocycles. The number of fused-ring (bicyclic) bond motifs is 6. The van der Waals surface area contributed by atoms with E-state index in [4.69, 9.17) is 19.2 Å². The monoisotopic (exact) mass is 624 g/mol. The van der Waals surface area contributed by atoms with Crippen LogP contribution in [0.15, 0.2) is 181 Å². The van der Waals surface area contributed by atoms with Crippen LogP contribution in [0, 0.1) is 0 Å². The highest BCUT2D eigenvalue weighted by molar-refractivity contribution is 6.23. The van der Waals surface area contributed by atoms with Gasteiger partial charge in [-0.2, -0.15) is 0 Å². The van der Waals surface area contributed by atoms with E-state index in [-0.39, 0.29) is 0 Å². The van der Waals surface area contributed by atoms with Crippen molar-refractivity contribution < 1.29 is 41.1 Å². The molecule has 47 heavy (non-hydrogen) atoms. The van der Waals surface area contributed by atoms with E-state index in [9.17, 15) is 21.9 Å². The summed E-state index contributed by atoms with van der Waals surface area (Å²) in [5.74, 6) is 0. The zero-order chi connectivity index (χ0) is 57.1. The molecule has 1 aliphatic rings. The van der Waals surface area contributed by atoms with Crippen LogP contribution in [0.1, 0.15) is 63.4 Å². The topological polar surface area (TPSA) is 0 Å². The summed E-state index contributed by atoms with van der Waals surface area (Å²) in [6.07, 6.45) is 0. The Balaban J connectivity index is 1.68. The molecule has 0 amide bonds. The smallest absolute Gasteiger partial charge is 0.0622 e. The van der Waals surface area contributed by atoms with Crippen LogP contribution in [0.2, 0.25) is 0 Å². The third kappa shape index (κ3) is 3.59. The molecule has 0 nitrogen and oxygen atoms in total. The lowest BCUT2D eigenvalue weighted by Crippen LogP contribution is -2.33. The Hall–Kier alpha value is -5.98. The minimum atomic E-state index is -3.42. The summed E-state index contributed by atoms with van der Waals surface area (Å²) in [4.78, 5) is 0. The Morgan fingerprint density at radius 1 is 0.340 bits per heavy atom. The molecular weight excluding hydrogens is 565 g/mol. The van der Waals surface area contributed by atoms with Crippen molar-refractivity contribution in [2.45, 2.75) is 5.41 Å². The molecule has 0 bridgehead atoms. The van der Waals surface area contributed by atoms with Gasteiger partial charge in [-0.05, 0) is 93.6 Å². The van der Waals surface area contributed by atoms with Crippen molar-refractivity contribution >= 4 is 43.1 Å².